The van der Waals surface area contributed by atoms with Crippen molar-refractivity contribution in [3.8, 4) is 0 Å². The van der Waals surface area contributed by atoms with Crippen LogP contribution < -0.4 is 5.32 Å². The quantitative estimate of drug-likeness (QED) is 0.754. The maximum Gasteiger partial charge on any atom is 0.239 e. The molecule has 1 N–H and O–H groups in total. The van der Waals surface area contributed by atoms with Gasteiger partial charge in [0.05, 0.1) is 6.04 Å². The van der Waals surface area contributed by atoms with Gasteiger partial charge in [0, 0.05) is 13.1 Å². The van der Waals surface area contributed by atoms with Gasteiger partial charge < -0.3 is 10.2 Å². The average Bonchev–Trinajstić information content (AvgIpc) is 2.65. The van der Waals surface area contributed by atoms with Crippen LogP contribution in [0.15, 0.2) is 0 Å². The van der Waals surface area contributed by atoms with E-state index in [-0.39, 0.29) is 23.4 Å². The van der Waals surface area contributed by atoms with Crippen molar-refractivity contribution in [3.63, 3.8) is 0 Å². The lowest BCUT2D eigenvalue weighted by atomic mass is 9.87. The van der Waals surface area contributed by atoms with Gasteiger partial charge in [0.2, 0.25) is 5.91 Å². The van der Waals surface area contributed by atoms with Gasteiger partial charge in [0.15, 0.2) is 0 Å². The minimum absolute atomic E-state index is 0.0554. The predicted octanol–water partition coefficient (Wildman–Crippen LogP) is 1.63. The van der Waals surface area contributed by atoms with Crippen LogP contribution in [0.3, 0.4) is 0 Å². The number of nitrogens with one attached hydrogen (secondary N) is 1. The summed E-state index contributed by atoms with van der Waals surface area (Å²) >= 11 is 0. The van der Waals surface area contributed by atoms with E-state index < -0.39 is 0 Å². The van der Waals surface area contributed by atoms with Gasteiger partial charge in [0.25, 0.3) is 0 Å². The summed E-state index contributed by atoms with van der Waals surface area (Å²) in [7, 11) is 1.91. The lowest BCUT2D eigenvalue weighted by Gasteiger charge is -2.36. The van der Waals surface area contributed by atoms with E-state index in [9.17, 15) is 4.79 Å². The third-order valence-electron chi connectivity index (χ3n) is 3.54. The second kappa shape index (κ2) is 4.52. The molecule has 1 aliphatic heterocycles. The number of hydrogen-bond donors (Lipinski definition) is 1. The zero-order valence-electron chi connectivity index (χ0n) is 10.6. The standard InChI is InChI=1S/C12H24N2O/c1-9(12(2,3)4)14(5)11(15)10-7-6-8-13-10/h9-10,13H,6-8H2,1-5H3/t9?,10-/m1/s1. The number of nitrogens with zero attached hydrogens (tertiary/aromatic N) is 1. The van der Waals surface area contributed by atoms with E-state index in [2.05, 4.69) is 33.0 Å². The van der Waals surface area contributed by atoms with Crippen molar-refractivity contribution in [2.45, 2.75) is 52.6 Å². The molecule has 0 aromatic heterocycles. The normalized spacial score (nSPS) is 23.9. The van der Waals surface area contributed by atoms with Gasteiger partial charge in [-0.25, -0.2) is 0 Å². The molecule has 1 saturated heterocycles. The minimum Gasteiger partial charge on any atom is -0.341 e. The molecule has 1 aliphatic rings. The molecule has 1 rings (SSSR count). The monoisotopic (exact) mass is 212 g/mol. The highest BCUT2D eigenvalue weighted by molar-refractivity contribution is 5.82. The van der Waals surface area contributed by atoms with Crippen molar-refractivity contribution < 1.29 is 4.79 Å². The van der Waals surface area contributed by atoms with Gasteiger partial charge in [-0.3, -0.25) is 4.79 Å². The smallest absolute Gasteiger partial charge is 0.239 e. The molecule has 15 heavy (non-hydrogen) atoms. The maximum absolute atomic E-state index is 12.1. The SMILES string of the molecule is CC(N(C)C(=O)[C@H]1CCCN1)C(C)(C)C. The van der Waals surface area contributed by atoms with Crippen molar-refractivity contribution in [2.75, 3.05) is 13.6 Å². The molecule has 0 aromatic carbocycles. The van der Waals surface area contributed by atoms with E-state index in [1.807, 2.05) is 11.9 Å². The Hall–Kier alpha value is -0.570. The number of likely N-dealkylation sites (N-methyl/N-ethyl adjacent to an activating group) is 1. The number of rotatable bonds is 2. The van der Waals surface area contributed by atoms with Crippen molar-refractivity contribution >= 4 is 5.91 Å². The lowest BCUT2D eigenvalue weighted by molar-refractivity contribution is -0.135. The Labute approximate surface area is 93.2 Å². The molecule has 0 aliphatic carbocycles. The maximum atomic E-state index is 12.1. The summed E-state index contributed by atoms with van der Waals surface area (Å²) in [6.45, 7) is 9.61. The summed E-state index contributed by atoms with van der Waals surface area (Å²) in [5.74, 6) is 0.245. The molecule has 1 heterocycles. The van der Waals surface area contributed by atoms with Crippen LogP contribution >= 0.6 is 0 Å². The first-order valence-corrected chi connectivity index (χ1v) is 5.84. The molecule has 0 spiro atoms. The molecule has 1 amide bonds. The highest BCUT2D eigenvalue weighted by atomic mass is 16.2. The van der Waals surface area contributed by atoms with E-state index in [0.717, 1.165) is 19.4 Å². The first-order valence-electron chi connectivity index (χ1n) is 5.84. The Morgan fingerprint density at radius 3 is 2.47 bits per heavy atom. The van der Waals surface area contributed by atoms with Gasteiger partial charge in [-0.05, 0) is 31.7 Å². The number of carbonyl (C=O) groups excluding carboxylic acids is 1. The van der Waals surface area contributed by atoms with Gasteiger partial charge in [-0.15, -0.1) is 0 Å². The molecule has 1 unspecified atom stereocenters. The Bertz CT molecular complexity index is 226. The molecule has 2 atom stereocenters. The third-order valence-corrected chi connectivity index (χ3v) is 3.54. The summed E-state index contributed by atoms with van der Waals surface area (Å²) in [5.41, 5.74) is 0.142. The molecule has 3 heteroatoms. The number of carbonyl (C=O) groups is 1. The molecule has 88 valence electrons. The predicted molar refractivity (Wildman–Crippen MR) is 62.7 cm³/mol. The molecule has 0 saturated carbocycles. The Morgan fingerprint density at radius 1 is 1.47 bits per heavy atom. The largest absolute Gasteiger partial charge is 0.341 e. The first-order chi connectivity index (χ1) is 6.84. The molecule has 1 fully saturated rings. The third kappa shape index (κ3) is 2.94. The molecule has 0 aromatic rings. The molecular weight excluding hydrogens is 188 g/mol. The van der Waals surface area contributed by atoms with Crippen LogP contribution in [0.4, 0.5) is 0 Å². The Balaban J connectivity index is 2.59. The molecule has 0 bridgehead atoms. The second-order valence-electron chi connectivity index (χ2n) is 5.64. The van der Waals surface area contributed by atoms with Crippen LogP contribution in [0.25, 0.3) is 0 Å². The van der Waals surface area contributed by atoms with E-state index >= 15 is 0 Å². The van der Waals surface area contributed by atoms with Crippen LogP contribution in [-0.4, -0.2) is 36.5 Å². The first kappa shape index (κ1) is 12.5. The van der Waals surface area contributed by atoms with E-state index in [1.165, 1.54) is 0 Å². The lowest BCUT2D eigenvalue weighted by Crippen LogP contribution is -2.49. The highest BCUT2D eigenvalue weighted by Gasteiger charge is 2.31. The summed E-state index contributed by atoms with van der Waals surface area (Å²) < 4.78 is 0. The van der Waals surface area contributed by atoms with E-state index in [1.54, 1.807) is 0 Å². The summed E-state index contributed by atoms with van der Waals surface area (Å²) in [6.07, 6.45) is 2.11. The van der Waals surface area contributed by atoms with Crippen molar-refractivity contribution in [2.24, 2.45) is 5.41 Å². The minimum atomic E-state index is 0.0554. The fourth-order valence-electron chi connectivity index (χ4n) is 1.91. The zero-order chi connectivity index (χ0) is 11.6. The number of hydrogen-bond acceptors (Lipinski definition) is 2. The van der Waals surface area contributed by atoms with Crippen LogP contribution in [0.5, 0.6) is 0 Å². The fourth-order valence-corrected chi connectivity index (χ4v) is 1.91. The zero-order valence-corrected chi connectivity index (χ0v) is 10.6. The summed E-state index contributed by atoms with van der Waals surface area (Å²) in [6, 6.07) is 0.326. The fraction of sp³-hybridized carbons (Fsp3) is 0.917. The summed E-state index contributed by atoms with van der Waals surface area (Å²) in [5, 5.41) is 3.25. The van der Waals surface area contributed by atoms with Crippen LogP contribution in [-0.2, 0) is 4.79 Å². The molecule has 3 nitrogen and oxygen atoms in total. The van der Waals surface area contributed by atoms with Gasteiger partial charge >= 0.3 is 0 Å². The van der Waals surface area contributed by atoms with E-state index in [0.29, 0.717) is 0 Å². The average molecular weight is 212 g/mol. The molecule has 0 radical (unpaired) electrons. The van der Waals surface area contributed by atoms with Crippen molar-refractivity contribution in [3.05, 3.63) is 0 Å². The second-order valence-corrected chi connectivity index (χ2v) is 5.64. The Kier molecular flexibility index (Phi) is 3.77. The van der Waals surface area contributed by atoms with Crippen LogP contribution in [0.1, 0.15) is 40.5 Å². The number of amides is 1. The van der Waals surface area contributed by atoms with Gasteiger partial charge in [0.1, 0.15) is 0 Å². The summed E-state index contributed by atoms with van der Waals surface area (Å²) in [4.78, 5) is 14.0. The molecular formula is C12H24N2O. The van der Waals surface area contributed by atoms with Gasteiger partial charge in [-0.1, -0.05) is 20.8 Å². The van der Waals surface area contributed by atoms with Crippen molar-refractivity contribution in [1.29, 1.82) is 0 Å². The highest BCUT2D eigenvalue weighted by Crippen LogP contribution is 2.24. The van der Waals surface area contributed by atoms with Gasteiger partial charge in [-0.2, -0.15) is 0 Å². The topological polar surface area (TPSA) is 32.3 Å². The van der Waals surface area contributed by atoms with Crippen molar-refractivity contribution in [1.82, 2.24) is 10.2 Å². The van der Waals surface area contributed by atoms with Crippen LogP contribution in [0.2, 0.25) is 0 Å². The van der Waals surface area contributed by atoms with E-state index in [4.69, 9.17) is 0 Å². The van der Waals surface area contributed by atoms with Crippen LogP contribution in [0, 0.1) is 5.41 Å². The Morgan fingerprint density at radius 2 is 2.07 bits per heavy atom.